The smallest absolute Gasteiger partial charge is 0.399 e. The highest BCUT2D eigenvalue weighted by Gasteiger charge is 2.52. The van der Waals surface area contributed by atoms with Crippen LogP contribution in [0.1, 0.15) is 110 Å². The first kappa shape index (κ1) is 50.7. The number of hydrogen-bond acceptors (Lipinski definition) is 10. The van der Waals surface area contributed by atoms with Crippen LogP contribution in [0.4, 0.5) is 28.9 Å². The minimum atomic E-state index is -0.708. The Hall–Kier alpha value is -6.64. The van der Waals surface area contributed by atoms with Crippen LogP contribution >= 0.6 is 15.9 Å². The SMILES string of the molecule is C.CC(=O)n1ccc2c(-c3c(F)cc4c(c3F)-n3c(C)nnc3C(C)(C)N4)cccc21.CC(=O)n1ccc2c(B3OC(C)(C)C(C)(C)O3)cccc21.Cc1nnc2n1-c1c(cc(F)c(Br)c1F)NC2(C)C. The number of aryl methyl sites for hydroxylation is 2. The fourth-order valence-electron chi connectivity index (χ4n) is 9.23. The predicted molar refractivity (Wildman–Crippen MR) is 271 cm³/mol. The van der Waals surface area contributed by atoms with Crippen LogP contribution in [0.25, 0.3) is 44.3 Å². The molecule has 3 aliphatic heterocycles. The second-order valence-electron chi connectivity index (χ2n) is 19.7. The van der Waals surface area contributed by atoms with Gasteiger partial charge >= 0.3 is 7.12 Å². The number of nitrogens with zero attached hydrogens (tertiary/aromatic N) is 8. The van der Waals surface area contributed by atoms with Crippen molar-refractivity contribution in [1.82, 2.24) is 38.7 Å². The minimum absolute atomic E-state index is 0. The van der Waals surface area contributed by atoms with E-state index in [1.165, 1.54) is 23.6 Å². The Kier molecular flexibility index (Phi) is 12.6. The van der Waals surface area contributed by atoms with Crippen molar-refractivity contribution in [2.45, 2.75) is 113 Å². The Bertz CT molecular complexity index is 3470. The van der Waals surface area contributed by atoms with Gasteiger partial charge in [-0.15, -0.1) is 20.4 Å². The van der Waals surface area contributed by atoms with Crippen LogP contribution in [0.3, 0.4) is 0 Å². The monoisotopic (exact) mass is 1040 g/mol. The molecule has 0 spiro atoms. The molecule has 0 saturated carbocycles. The predicted octanol–water partition coefficient (Wildman–Crippen LogP) is 11.3. The Morgan fingerprint density at radius 3 is 1.59 bits per heavy atom. The molecule has 0 amide bonds. The topological polar surface area (TPSA) is 148 Å². The molecule has 20 heteroatoms. The van der Waals surface area contributed by atoms with E-state index in [2.05, 4.69) is 47.0 Å². The maximum atomic E-state index is 16.0. The molecular weight excluding hydrogens is 983 g/mol. The summed E-state index contributed by atoms with van der Waals surface area (Å²) in [6.45, 7) is 22.1. The average Bonchev–Trinajstić information content (AvgIpc) is 4.11. The highest BCUT2D eigenvalue weighted by molar-refractivity contribution is 9.10. The Morgan fingerprint density at radius 2 is 1.08 bits per heavy atom. The molecule has 1 fully saturated rings. The van der Waals surface area contributed by atoms with Crippen molar-refractivity contribution in [1.29, 1.82) is 0 Å². The van der Waals surface area contributed by atoms with Gasteiger partial charge in [-0.25, -0.2) is 17.6 Å². The highest BCUT2D eigenvalue weighted by Crippen LogP contribution is 2.45. The number of rotatable bonds is 2. The van der Waals surface area contributed by atoms with E-state index in [4.69, 9.17) is 9.31 Å². The largest absolute Gasteiger partial charge is 0.495 e. The van der Waals surface area contributed by atoms with Crippen molar-refractivity contribution in [2.75, 3.05) is 10.6 Å². The maximum Gasteiger partial charge on any atom is 0.495 e. The summed E-state index contributed by atoms with van der Waals surface area (Å²) in [5.74, 6) is -0.676. The first-order chi connectivity index (χ1) is 32.8. The fraction of sp³-hybridized carbons (Fsp3) is 0.333. The lowest BCUT2D eigenvalue weighted by Gasteiger charge is -2.34. The number of nitrogens with one attached hydrogen (secondary N) is 2. The van der Waals surface area contributed by atoms with Crippen molar-refractivity contribution in [3.63, 3.8) is 0 Å². The van der Waals surface area contributed by atoms with E-state index in [1.54, 1.807) is 71.1 Å². The number of carbonyl (C=O) groups excluding carboxylic acids is 2. The van der Waals surface area contributed by atoms with Gasteiger partial charge in [-0.3, -0.25) is 27.9 Å². The molecule has 4 aromatic carbocycles. The number of hydrogen-bond donors (Lipinski definition) is 2. The molecule has 0 radical (unpaired) electrons. The molecule has 370 valence electrons. The summed E-state index contributed by atoms with van der Waals surface area (Å²) >= 11 is 2.92. The second-order valence-corrected chi connectivity index (χ2v) is 20.4. The van der Waals surface area contributed by atoms with Gasteiger partial charge in [0.2, 0.25) is 11.8 Å². The fourth-order valence-corrected chi connectivity index (χ4v) is 9.53. The van der Waals surface area contributed by atoms with Crippen LogP contribution in [-0.2, 0) is 20.4 Å². The molecule has 11 rings (SSSR count). The van der Waals surface area contributed by atoms with E-state index in [-0.39, 0.29) is 51.9 Å². The zero-order valence-corrected chi connectivity index (χ0v) is 42.2. The molecule has 2 N–H and O–H groups in total. The first-order valence-electron chi connectivity index (χ1n) is 22.5. The summed E-state index contributed by atoms with van der Waals surface area (Å²) in [6.07, 6.45) is 3.40. The molecule has 71 heavy (non-hydrogen) atoms. The van der Waals surface area contributed by atoms with Gasteiger partial charge in [0.15, 0.2) is 23.3 Å². The number of benzene rings is 4. The molecule has 0 bridgehead atoms. The summed E-state index contributed by atoms with van der Waals surface area (Å²) in [5.41, 5.74) is 1.87. The zero-order chi connectivity index (χ0) is 50.7. The van der Waals surface area contributed by atoms with Crippen LogP contribution < -0.4 is 16.1 Å². The zero-order valence-electron chi connectivity index (χ0n) is 40.6. The van der Waals surface area contributed by atoms with Crippen molar-refractivity contribution in [3.8, 4) is 22.5 Å². The van der Waals surface area contributed by atoms with Crippen LogP contribution in [0.5, 0.6) is 0 Å². The summed E-state index contributed by atoms with van der Waals surface area (Å²) in [7, 11) is -0.415. The van der Waals surface area contributed by atoms with Crippen LogP contribution in [0, 0.1) is 37.1 Å². The summed E-state index contributed by atoms with van der Waals surface area (Å²) in [4.78, 5) is 23.5. The van der Waals surface area contributed by atoms with E-state index in [1.807, 2.05) is 79.7 Å². The molecule has 8 aromatic rings. The van der Waals surface area contributed by atoms with Crippen molar-refractivity contribution in [2.24, 2.45) is 0 Å². The van der Waals surface area contributed by atoms with Gasteiger partial charge in [-0.05, 0) is 126 Å². The summed E-state index contributed by atoms with van der Waals surface area (Å²) in [6, 6.07) is 17.2. The quantitative estimate of drug-likeness (QED) is 0.0974. The van der Waals surface area contributed by atoms with E-state index in [0.29, 0.717) is 51.1 Å². The summed E-state index contributed by atoms with van der Waals surface area (Å²) in [5, 5.41) is 24.2. The minimum Gasteiger partial charge on any atom is -0.399 e. The molecular formula is C51H54BBrF4N10O4. The number of fused-ring (bicyclic) bond motifs is 8. The third-order valence-corrected chi connectivity index (χ3v) is 14.1. The first-order valence-corrected chi connectivity index (χ1v) is 23.2. The summed E-state index contributed by atoms with van der Waals surface area (Å²) < 4.78 is 77.6. The molecule has 0 atom stereocenters. The Balaban J connectivity index is 0.000000147. The Morgan fingerprint density at radius 1 is 0.634 bits per heavy atom. The third-order valence-electron chi connectivity index (χ3n) is 13.4. The maximum absolute atomic E-state index is 16.0. The van der Waals surface area contributed by atoms with Crippen LogP contribution in [0.15, 0.2) is 77.5 Å². The number of anilines is 2. The second kappa shape index (κ2) is 17.6. The van der Waals surface area contributed by atoms with Crippen molar-refractivity contribution in [3.05, 3.63) is 124 Å². The van der Waals surface area contributed by atoms with Crippen LogP contribution in [0.2, 0.25) is 0 Å². The van der Waals surface area contributed by atoms with E-state index in [9.17, 15) is 18.4 Å². The van der Waals surface area contributed by atoms with Gasteiger partial charge in [0.1, 0.15) is 34.7 Å². The molecule has 0 unspecified atom stereocenters. The lowest BCUT2D eigenvalue weighted by molar-refractivity contribution is 0.00578. The number of halogens is 5. The van der Waals surface area contributed by atoms with Crippen molar-refractivity contribution < 1.29 is 36.5 Å². The van der Waals surface area contributed by atoms with E-state index >= 15 is 8.78 Å². The highest BCUT2D eigenvalue weighted by atomic mass is 79.9. The molecule has 14 nitrogen and oxygen atoms in total. The molecule has 3 aliphatic rings. The number of carbonyl (C=O) groups is 2. The normalized spacial score (nSPS) is 16.2. The van der Waals surface area contributed by atoms with Gasteiger partial charge in [-0.1, -0.05) is 31.7 Å². The molecule has 1 saturated heterocycles. The lowest BCUT2D eigenvalue weighted by atomic mass is 9.77. The van der Waals surface area contributed by atoms with Gasteiger partial charge in [0.05, 0.1) is 54.7 Å². The van der Waals surface area contributed by atoms with Gasteiger partial charge in [0.25, 0.3) is 0 Å². The van der Waals surface area contributed by atoms with E-state index < -0.39 is 41.5 Å². The van der Waals surface area contributed by atoms with Gasteiger partial charge in [0, 0.05) is 43.8 Å². The van der Waals surface area contributed by atoms with Gasteiger partial charge < -0.3 is 19.9 Å². The standard InChI is InChI=1S/C22H19F2N5O.C16H20BNO3.C12H11BrF2N4.CH4/c1-11-26-27-21-22(3,4)25-16-10-15(23)18(19(24)20(16)29(11)21)14-6-5-7-17-13(14)8-9-28(17)12(2)30;1-11(19)18-10-9-12-13(7-6-8-14(12)18)17-20-15(2,3)16(4,5)21-17;1-5-17-18-11-12(2,3)16-7-4-6(14)8(13)9(15)10(7)19(5)11;/h5-10,25H,1-4H3;6-10H,1-5H3;4,16H,1-3H3;1H4. The van der Waals surface area contributed by atoms with Crippen LogP contribution in [-0.4, -0.2) is 68.8 Å². The lowest BCUT2D eigenvalue weighted by Crippen LogP contribution is -2.41. The van der Waals surface area contributed by atoms with E-state index in [0.717, 1.165) is 16.4 Å². The van der Waals surface area contributed by atoms with Crippen molar-refractivity contribution >= 4 is 73.5 Å². The molecule has 0 aliphatic carbocycles. The molecule has 7 heterocycles. The average molecular weight is 1040 g/mol. The van der Waals surface area contributed by atoms with Gasteiger partial charge in [-0.2, -0.15) is 0 Å². The molecule has 4 aromatic heterocycles. The third kappa shape index (κ3) is 8.22. The Labute approximate surface area is 417 Å². The number of aromatic nitrogens is 8.